The Morgan fingerprint density at radius 2 is 0.837 bits per heavy atom. The van der Waals surface area contributed by atoms with Crippen molar-refractivity contribution in [3.63, 3.8) is 0 Å². The molecule has 1 heterocycles. The van der Waals surface area contributed by atoms with E-state index < -0.39 is 20.3 Å². The predicted octanol–water partition coefficient (Wildman–Crippen LogP) is 7.27. The van der Waals surface area contributed by atoms with Crippen molar-refractivity contribution in [3.05, 3.63) is 155 Å². The number of benzene rings is 6. The van der Waals surface area contributed by atoms with Crippen molar-refractivity contribution < 1.29 is 45.1 Å². The average Bonchev–Trinajstić information content (AvgIpc) is 3.42. The van der Waals surface area contributed by atoms with E-state index in [1.54, 1.807) is 22.3 Å². The van der Waals surface area contributed by atoms with Crippen LogP contribution in [0.2, 0.25) is 7.25 Å². The Balaban J connectivity index is 0.00000174. The SMILES string of the molecule is CC1=Cc2c(-c3cccc4ccccc34)cccc2[CH]1[Zr+2]1([CH]2C(C)=Cc3c(-c4cccc5ccccc45)cccc32)[CH]2CCCC[CH]21.[Cl-].[Cl-]. The number of halogens is 2. The number of hydrogen-bond acceptors (Lipinski definition) is 0. The van der Waals surface area contributed by atoms with Crippen LogP contribution in [-0.2, 0) is 20.3 Å². The molecule has 4 unspecified atom stereocenters. The molecule has 1 aliphatic heterocycles. The van der Waals surface area contributed by atoms with Crippen molar-refractivity contribution in [1.29, 1.82) is 0 Å². The van der Waals surface area contributed by atoms with E-state index >= 15 is 0 Å². The van der Waals surface area contributed by atoms with Crippen molar-refractivity contribution in [1.82, 2.24) is 0 Å². The zero-order chi connectivity index (χ0) is 31.3. The molecule has 6 aromatic rings. The van der Waals surface area contributed by atoms with Gasteiger partial charge in [-0.1, -0.05) is 0 Å². The smallest absolute Gasteiger partial charge is 1.00 e. The fourth-order valence-corrected chi connectivity index (χ4v) is 34.2. The van der Waals surface area contributed by atoms with E-state index in [-0.39, 0.29) is 24.8 Å². The monoisotopic (exact) mass is 752 g/mol. The quantitative estimate of drug-likeness (QED) is 0.178. The molecule has 4 aliphatic rings. The molecule has 0 N–H and O–H groups in total. The van der Waals surface area contributed by atoms with Gasteiger partial charge in [-0.05, 0) is 0 Å². The van der Waals surface area contributed by atoms with Gasteiger partial charge in [0.25, 0.3) is 0 Å². The second-order valence-electron chi connectivity index (χ2n) is 14.8. The van der Waals surface area contributed by atoms with Gasteiger partial charge in [0.2, 0.25) is 0 Å². The van der Waals surface area contributed by atoms with Crippen molar-refractivity contribution in [2.45, 2.75) is 54.0 Å². The second kappa shape index (κ2) is 12.5. The van der Waals surface area contributed by atoms with Crippen LogP contribution in [-0.4, -0.2) is 0 Å². The van der Waals surface area contributed by atoms with Gasteiger partial charge in [0, 0.05) is 0 Å². The van der Waals surface area contributed by atoms with Crippen LogP contribution < -0.4 is 24.8 Å². The van der Waals surface area contributed by atoms with Crippen LogP contribution in [0.1, 0.15) is 69.0 Å². The summed E-state index contributed by atoms with van der Waals surface area (Å²) in [5.41, 5.74) is 15.2. The first-order valence-corrected chi connectivity index (χ1v) is 23.4. The Bertz CT molecular complexity index is 2150. The van der Waals surface area contributed by atoms with E-state index in [4.69, 9.17) is 0 Å². The van der Waals surface area contributed by atoms with Crippen LogP contribution in [0.3, 0.4) is 0 Å². The van der Waals surface area contributed by atoms with E-state index in [2.05, 4.69) is 147 Å². The molecular weight excluding hydrogens is 715 g/mol. The molecule has 0 radical (unpaired) electrons. The van der Waals surface area contributed by atoms with Crippen LogP contribution in [0.15, 0.2) is 132 Å². The van der Waals surface area contributed by atoms with Gasteiger partial charge in [-0.15, -0.1) is 0 Å². The zero-order valence-corrected chi connectivity index (χ0v) is 32.1. The molecular formula is C46H40Cl2Zr. The third-order valence-electron chi connectivity index (χ3n) is 12.7. The summed E-state index contributed by atoms with van der Waals surface area (Å²) in [6.45, 7) is 5.00. The molecule has 6 aromatic carbocycles. The Morgan fingerprint density at radius 1 is 0.449 bits per heavy atom. The third kappa shape index (κ3) is 4.72. The largest absolute Gasteiger partial charge is 1.00 e. The summed E-state index contributed by atoms with van der Waals surface area (Å²) in [5, 5.41) is 5.38. The van der Waals surface area contributed by atoms with Gasteiger partial charge in [-0.2, -0.15) is 0 Å². The summed E-state index contributed by atoms with van der Waals surface area (Å²) < 4.78 is 3.28. The van der Waals surface area contributed by atoms with E-state index in [9.17, 15) is 0 Å². The molecule has 10 rings (SSSR count). The Hall–Kier alpha value is -3.22. The second-order valence-corrected chi connectivity index (χ2v) is 26.2. The van der Waals surface area contributed by atoms with Crippen molar-refractivity contribution in [3.8, 4) is 22.3 Å². The first-order valence-electron chi connectivity index (χ1n) is 17.7. The van der Waals surface area contributed by atoms with Crippen molar-refractivity contribution in [2.75, 3.05) is 0 Å². The summed E-state index contributed by atoms with van der Waals surface area (Å²) in [5.74, 6) is 0. The fraction of sp³-hybridized carbons (Fsp3) is 0.217. The maximum absolute atomic E-state index is 2.99. The van der Waals surface area contributed by atoms with Gasteiger partial charge in [0.05, 0.1) is 0 Å². The minimum atomic E-state index is -2.99. The van der Waals surface area contributed by atoms with E-state index in [0.717, 1.165) is 7.25 Å². The normalized spacial score (nSPS) is 23.3. The molecule has 0 amide bonds. The molecule has 1 saturated heterocycles. The molecule has 0 bridgehead atoms. The Morgan fingerprint density at radius 3 is 1.31 bits per heavy atom. The number of fused-ring (bicyclic) bond motifs is 5. The molecule has 0 aromatic heterocycles. The van der Waals surface area contributed by atoms with Crippen LogP contribution in [0, 0.1) is 0 Å². The molecule has 4 atom stereocenters. The van der Waals surface area contributed by atoms with Crippen molar-refractivity contribution >= 4 is 33.7 Å². The maximum atomic E-state index is 2.63. The van der Waals surface area contributed by atoms with E-state index in [1.807, 2.05) is 0 Å². The van der Waals surface area contributed by atoms with Crippen LogP contribution in [0.4, 0.5) is 0 Å². The first-order chi connectivity index (χ1) is 23.2. The standard InChI is InChI=1S/2C20H15.C6H10.2ClH.Zr/c2*1-14-12-16-8-5-11-19(20(16)13-14)18-10-4-7-15-6-2-3-9-17(15)18;1-2-4-6-5-3-1;;;/h2*2-13H,1H3;1-2H,3-6H2;2*1H;/q;;;;;+2/p-2. The minimum absolute atomic E-state index is 0. The third-order valence-corrected chi connectivity index (χ3v) is 30.1. The first kappa shape index (κ1) is 33.0. The minimum Gasteiger partial charge on any atom is -1.00 e. The summed E-state index contributed by atoms with van der Waals surface area (Å²) in [7, 11) is 0. The topological polar surface area (TPSA) is 0 Å². The van der Waals surface area contributed by atoms with Crippen LogP contribution >= 0.6 is 0 Å². The Labute approximate surface area is 307 Å². The summed E-state index contributed by atoms with van der Waals surface area (Å²) in [4.78, 5) is 0. The van der Waals surface area contributed by atoms with Crippen molar-refractivity contribution in [2.24, 2.45) is 0 Å². The molecule has 49 heavy (non-hydrogen) atoms. The summed E-state index contributed by atoms with van der Waals surface area (Å²) in [6, 6.07) is 46.1. The van der Waals surface area contributed by atoms with Gasteiger partial charge in [0.1, 0.15) is 0 Å². The number of hydrogen-bond donors (Lipinski definition) is 0. The van der Waals surface area contributed by atoms with Gasteiger partial charge < -0.3 is 24.8 Å². The van der Waals surface area contributed by atoms with Gasteiger partial charge in [-0.25, -0.2) is 0 Å². The van der Waals surface area contributed by atoms with Gasteiger partial charge in [-0.3, -0.25) is 0 Å². The van der Waals surface area contributed by atoms with Gasteiger partial charge in [0.15, 0.2) is 0 Å². The Kier molecular flexibility index (Phi) is 8.43. The zero-order valence-electron chi connectivity index (χ0n) is 28.1. The number of allylic oxidation sites excluding steroid dienone is 2. The van der Waals surface area contributed by atoms with E-state index in [1.165, 1.54) is 80.6 Å². The molecule has 0 nitrogen and oxygen atoms in total. The molecule has 242 valence electrons. The average molecular weight is 755 g/mol. The molecule has 3 aliphatic carbocycles. The number of rotatable bonds is 4. The van der Waals surface area contributed by atoms with E-state index in [0.29, 0.717) is 7.25 Å². The van der Waals surface area contributed by atoms with Crippen LogP contribution in [0.5, 0.6) is 0 Å². The van der Waals surface area contributed by atoms with Crippen LogP contribution in [0.25, 0.3) is 56.0 Å². The summed E-state index contributed by atoms with van der Waals surface area (Å²) in [6.07, 6.45) is 11.0. The fourth-order valence-electron chi connectivity index (χ4n) is 11.1. The predicted molar refractivity (Wildman–Crippen MR) is 198 cm³/mol. The molecule has 1 saturated carbocycles. The summed E-state index contributed by atoms with van der Waals surface area (Å²) >= 11 is -2.99. The molecule has 2 fully saturated rings. The van der Waals surface area contributed by atoms with Gasteiger partial charge >= 0.3 is 285 Å². The molecule has 3 heteroatoms. The molecule has 0 spiro atoms. The maximum Gasteiger partial charge on any atom is -1.00 e.